The second-order valence-electron chi connectivity index (χ2n) is 2.90. The van der Waals surface area contributed by atoms with E-state index in [0.29, 0.717) is 5.82 Å². The normalized spacial score (nSPS) is 13.0. The zero-order valence-electron chi connectivity index (χ0n) is 7.51. The molecule has 1 heterocycles. The first-order valence-corrected chi connectivity index (χ1v) is 3.88. The van der Waals surface area contributed by atoms with Gasteiger partial charge in [0.05, 0.1) is 18.8 Å². The summed E-state index contributed by atoms with van der Waals surface area (Å²) in [7, 11) is 0. The fraction of sp³-hybridized carbons (Fsp3) is 0.571. The van der Waals surface area contributed by atoms with Crippen LogP contribution in [0.4, 0.5) is 5.82 Å². The average Bonchev–Trinajstić information content (AvgIpc) is 2.32. The van der Waals surface area contributed by atoms with Crippen LogP contribution in [0, 0.1) is 12.1 Å². The Morgan fingerprint density at radius 1 is 1.77 bits per heavy atom. The van der Waals surface area contributed by atoms with E-state index in [2.05, 4.69) is 4.98 Å². The predicted octanol–water partition coefficient (Wildman–Crippen LogP) is 0.266. The number of aromatic nitrogens is 2. The van der Waals surface area contributed by atoms with Gasteiger partial charge in [0.15, 0.2) is 0 Å². The van der Waals surface area contributed by atoms with Gasteiger partial charge in [0.25, 0.3) is 0 Å². The highest BCUT2D eigenvalue weighted by molar-refractivity contribution is 5.36. The maximum Gasteiger partial charge on any atom is 0.142 e. The van der Waals surface area contributed by atoms with E-state index in [1.54, 1.807) is 13.8 Å². The van der Waals surface area contributed by atoms with E-state index in [9.17, 15) is 5.21 Å². The van der Waals surface area contributed by atoms with Gasteiger partial charge in [0, 0.05) is 0 Å². The lowest BCUT2D eigenvalue weighted by Gasteiger charge is -2.23. The van der Waals surface area contributed by atoms with Crippen molar-refractivity contribution in [2.24, 2.45) is 0 Å². The Labute approximate surface area is 75.6 Å². The molecule has 0 saturated carbocycles. The summed E-state index contributed by atoms with van der Waals surface area (Å²) in [4.78, 5) is 3.84. The Bertz CT molecular complexity index is 283. The van der Waals surface area contributed by atoms with Crippen molar-refractivity contribution in [2.45, 2.75) is 26.5 Å². The molecule has 0 amide bonds. The van der Waals surface area contributed by atoms with Crippen LogP contribution in [0.2, 0.25) is 0 Å². The summed E-state index contributed by atoms with van der Waals surface area (Å²) in [6.07, 6.45) is 0.664. The molecule has 1 aromatic rings. The Morgan fingerprint density at radius 3 is 2.85 bits per heavy atom. The maximum absolute atomic E-state index is 10.6. The third kappa shape index (κ3) is 2.18. The molecule has 0 bridgehead atoms. The minimum absolute atomic E-state index is 0.0263. The lowest BCUT2D eigenvalue weighted by molar-refractivity contribution is 0.171. The lowest BCUT2D eigenvalue weighted by atomic mass is 10.4. The summed E-state index contributed by atoms with van der Waals surface area (Å²) in [5.41, 5.74) is 0. The first-order valence-electron chi connectivity index (χ1n) is 3.88. The van der Waals surface area contributed by atoms with Gasteiger partial charge in [-0.05, 0) is 13.8 Å². The van der Waals surface area contributed by atoms with Crippen LogP contribution in [0.5, 0.6) is 0 Å². The van der Waals surface area contributed by atoms with Gasteiger partial charge in [-0.1, -0.05) is 0 Å². The van der Waals surface area contributed by atoms with Crippen molar-refractivity contribution in [1.82, 2.24) is 9.55 Å². The second kappa shape index (κ2) is 3.73. The molecular formula is C7H12N3O3-. The summed E-state index contributed by atoms with van der Waals surface area (Å²) in [6.45, 7) is 3.52. The molecule has 6 nitrogen and oxygen atoms in total. The van der Waals surface area contributed by atoms with Crippen molar-refractivity contribution >= 4 is 5.82 Å². The number of hydrogen-bond donors (Lipinski definition) is 2. The van der Waals surface area contributed by atoms with Gasteiger partial charge in [-0.2, -0.15) is 0 Å². The van der Waals surface area contributed by atoms with Crippen LogP contribution in [0.25, 0.3) is 0 Å². The molecule has 0 fully saturated rings. The predicted molar refractivity (Wildman–Crippen MR) is 46.3 cm³/mol. The smallest absolute Gasteiger partial charge is 0.142 e. The van der Waals surface area contributed by atoms with E-state index in [-0.39, 0.29) is 17.6 Å². The van der Waals surface area contributed by atoms with Gasteiger partial charge in [0.1, 0.15) is 11.6 Å². The maximum atomic E-state index is 10.6. The minimum atomic E-state index is -0.591. The number of hydrogen-bond acceptors (Lipinski definition) is 5. The number of aliphatic hydroxyl groups is 1. The third-order valence-corrected chi connectivity index (χ3v) is 1.68. The molecule has 6 heteroatoms. The Hall–Kier alpha value is -1.11. The highest BCUT2D eigenvalue weighted by Crippen LogP contribution is 2.14. The number of imidazole rings is 1. The van der Waals surface area contributed by atoms with Crippen molar-refractivity contribution in [3.05, 3.63) is 17.2 Å². The number of aliphatic hydroxyl groups excluding tert-OH is 1. The van der Waals surface area contributed by atoms with E-state index in [0.717, 1.165) is 0 Å². The van der Waals surface area contributed by atoms with Crippen molar-refractivity contribution in [3.63, 3.8) is 0 Å². The fourth-order valence-corrected chi connectivity index (χ4v) is 1.10. The van der Waals surface area contributed by atoms with Crippen LogP contribution >= 0.6 is 0 Å². The van der Waals surface area contributed by atoms with E-state index < -0.39 is 6.10 Å². The van der Waals surface area contributed by atoms with Crippen LogP contribution in [-0.2, 0) is 6.54 Å². The van der Waals surface area contributed by atoms with E-state index in [4.69, 9.17) is 10.3 Å². The molecule has 1 atom stereocenters. The molecule has 1 rings (SSSR count). The van der Waals surface area contributed by atoms with Crippen LogP contribution < -0.4 is 5.23 Å². The monoisotopic (exact) mass is 186 g/mol. The molecule has 0 aromatic carbocycles. The summed E-state index contributed by atoms with van der Waals surface area (Å²) >= 11 is 0. The minimum Gasteiger partial charge on any atom is -0.732 e. The van der Waals surface area contributed by atoms with Gasteiger partial charge in [-0.15, -0.1) is 0 Å². The quantitative estimate of drug-likeness (QED) is 0.661. The van der Waals surface area contributed by atoms with Gasteiger partial charge in [0.2, 0.25) is 0 Å². The number of nitrogens with zero attached hydrogens (tertiary/aromatic N) is 3. The highest BCUT2D eigenvalue weighted by atomic mass is 16.8. The van der Waals surface area contributed by atoms with E-state index in [1.165, 1.54) is 10.8 Å². The first-order chi connectivity index (χ1) is 6.02. The third-order valence-electron chi connectivity index (χ3n) is 1.68. The first kappa shape index (κ1) is 9.97. The summed E-state index contributed by atoms with van der Waals surface area (Å²) in [6, 6.07) is 0. The summed E-state index contributed by atoms with van der Waals surface area (Å²) in [5.74, 6) is 0.601. The van der Waals surface area contributed by atoms with Gasteiger partial charge < -0.3 is 20.1 Å². The summed E-state index contributed by atoms with van der Waals surface area (Å²) < 4.78 is 1.44. The Kier molecular flexibility index (Phi) is 2.86. The van der Waals surface area contributed by atoms with Crippen molar-refractivity contribution in [1.29, 1.82) is 0 Å². The molecule has 13 heavy (non-hydrogen) atoms. The molecular weight excluding hydrogens is 174 g/mol. The molecule has 74 valence electrons. The molecule has 0 unspecified atom stereocenters. The SMILES string of the molecule is Cc1ncc(N([O-])O)n1C[C@@H](C)O. The van der Waals surface area contributed by atoms with E-state index in [1.807, 2.05) is 0 Å². The molecule has 2 N–H and O–H groups in total. The molecule has 0 aliphatic rings. The number of anilines is 1. The topological polar surface area (TPSA) is 84.6 Å². The van der Waals surface area contributed by atoms with Crippen molar-refractivity contribution in [2.75, 3.05) is 5.23 Å². The standard InChI is InChI=1S/C7H12N3O3/c1-5(11)4-9-6(2)8-3-7(9)10(12)13/h3,5,11-12H,4H2,1-2H3/q-1/t5-/m1/s1. The van der Waals surface area contributed by atoms with Crippen molar-refractivity contribution in [3.8, 4) is 0 Å². The van der Waals surface area contributed by atoms with E-state index >= 15 is 0 Å². The lowest BCUT2D eigenvalue weighted by Crippen LogP contribution is -2.19. The molecule has 0 aliphatic carbocycles. The molecule has 1 aromatic heterocycles. The van der Waals surface area contributed by atoms with Gasteiger partial charge >= 0.3 is 0 Å². The largest absolute Gasteiger partial charge is 0.732 e. The molecule has 0 spiro atoms. The van der Waals surface area contributed by atoms with Crippen LogP contribution in [-0.4, -0.2) is 26.0 Å². The number of aryl methyl sites for hydroxylation is 1. The molecule has 0 radical (unpaired) electrons. The highest BCUT2D eigenvalue weighted by Gasteiger charge is 2.08. The van der Waals surface area contributed by atoms with Crippen LogP contribution in [0.15, 0.2) is 6.20 Å². The molecule has 0 aliphatic heterocycles. The average molecular weight is 186 g/mol. The van der Waals surface area contributed by atoms with Gasteiger partial charge in [-0.3, -0.25) is 5.21 Å². The zero-order chi connectivity index (χ0) is 10.0. The van der Waals surface area contributed by atoms with Crippen molar-refractivity contribution < 1.29 is 10.3 Å². The van der Waals surface area contributed by atoms with Crippen LogP contribution in [0.1, 0.15) is 12.7 Å². The Morgan fingerprint density at radius 2 is 2.38 bits per heavy atom. The molecule has 0 saturated heterocycles. The zero-order valence-corrected chi connectivity index (χ0v) is 7.51. The Balaban J connectivity index is 2.94. The fourth-order valence-electron chi connectivity index (χ4n) is 1.10. The van der Waals surface area contributed by atoms with Gasteiger partial charge in [-0.25, -0.2) is 4.98 Å². The van der Waals surface area contributed by atoms with Crippen LogP contribution in [0.3, 0.4) is 0 Å². The second-order valence-corrected chi connectivity index (χ2v) is 2.90. The summed E-state index contributed by atoms with van der Waals surface area (Å²) in [5, 5.41) is 28.1. The number of rotatable bonds is 3.